The van der Waals surface area contributed by atoms with Crippen molar-refractivity contribution in [3.05, 3.63) is 76.6 Å². The number of rotatable bonds is 4. The number of anilines is 1. The van der Waals surface area contributed by atoms with Gasteiger partial charge in [-0.1, -0.05) is 18.2 Å². The maximum Gasteiger partial charge on any atom is 0.291 e. The Morgan fingerprint density at radius 2 is 1.60 bits per heavy atom. The second-order valence-electron chi connectivity index (χ2n) is 7.00. The van der Waals surface area contributed by atoms with Crippen LogP contribution in [0.5, 0.6) is 0 Å². The van der Waals surface area contributed by atoms with E-state index in [0.29, 0.717) is 41.6 Å². The molecular weight excluding hydrogens is 402 g/mol. The second kappa shape index (κ2) is 8.54. The summed E-state index contributed by atoms with van der Waals surface area (Å²) in [6.45, 7) is 3.78. The quantitative estimate of drug-likeness (QED) is 0.696. The van der Waals surface area contributed by atoms with E-state index in [2.05, 4.69) is 5.32 Å². The molecule has 30 heavy (non-hydrogen) atoms. The molecule has 0 bridgehead atoms. The van der Waals surface area contributed by atoms with Gasteiger partial charge in [0, 0.05) is 31.7 Å². The SMILES string of the molecule is Cc1cc(NC(=O)c2ccco2)sc1C(=O)N1CCN(C(=O)c2ccccc2)CC1. The minimum Gasteiger partial charge on any atom is -0.459 e. The van der Waals surface area contributed by atoms with Crippen molar-refractivity contribution >= 4 is 34.1 Å². The molecule has 1 aromatic carbocycles. The second-order valence-corrected chi connectivity index (χ2v) is 8.06. The number of benzene rings is 1. The lowest BCUT2D eigenvalue weighted by Gasteiger charge is -2.34. The Bertz CT molecular complexity index is 1050. The van der Waals surface area contributed by atoms with Crippen LogP contribution in [0, 0.1) is 6.92 Å². The number of hydrogen-bond acceptors (Lipinski definition) is 5. The van der Waals surface area contributed by atoms with E-state index in [1.165, 1.54) is 17.6 Å². The Morgan fingerprint density at radius 1 is 0.933 bits per heavy atom. The number of thiophene rings is 1. The fourth-order valence-electron chi connectivity index (χ4n) is 3.36. The number of piperazine rings is 1. The first-order valence-electron chi connectivity index (χ1n) is 9.62. The monoisotopic (exact) mass is 423 g/mol. The highest BCUT2D eigenvalue weighted by Gasteiger charge is 2.27. The number of nitrogens with one attached hydrogen (secondary N) is 1. The van der Waals surface area contributed by atoms with Crippen LogP contribution in [0.2, 0.25) is 0 Å². The summed E-state index contributed by atoms with van der Waals surface area (Å²) in [7, 11) is 0. The van der Waals surface area contributed by atoms with Gasteiger partial charge in [-0.15, -0.1) is 11.3 Å². The van der Waals surface area contributed by atoms with Gasteiger partial charge in [0.05, 0.1) is 16.1 Å². The molecule has 3 aromatic rings. The van der Waals surface area contributed by atoms with Crippen molar-refractivity contribution in [1.82, 2.24) is 9.80 Å². The van der Waals surface area contributed by atoms with Crippen molar-refractivity contribution in [3.63, 3.8) is 0 Å². The summed E-state index contributed by atoms with van der Waals surface area (Å²) in [6.07, 6.45) is 1.44. The molecule has 0 radical (unpaired) electrons. The smallest absolute Gasteiger partial charge is 0.291 e. The molecule has 3 heterocycles. The minimum absolute atomic E-state index is 0.0158. The first-order valence-corrected chi connectivity index (χ1v) is 10.4. The molecule has 8 heteroatoms. The first kappa shape index (κ1) is 19.9. The van der Waals surface area contributed by atoms with Gasteiger partial charge in [0.1, 0.15) is 0 Å². The fraction of sp³-hybridized carbons (Fsp3) is 0.227. The minimum atomic E-state index is -0.353. The zero-order valence-corrected chi connectivity index (χ0v) is 17.3. The molecule has 1 aliphatic rings. The highest BCUT2D eigenvalue weighted by atomic mass is 32.1. The largest absolute Gasteiger partial charge is 0.459 e. The highest BCUT2D eigenvalue weighted by molar-refractivity contribution is 7.18. The van der Waals surface area contributed by atoms with Crippen LogP contribution in [0.15, 0.2) is 59.2 Å². The Hall–Kier alpha value is -3.39. The van der Waals surface area contributed by atoms with E-state index in [0.717, 1.165) is 5.56 Å². The molecule has 2 aromatic heterocycles. The molecule has 0 saturated carbocycles. The maximum absolute atomic E-state index is 13.0. The molecule has 154 valence electrons. The van der Waals surface area contributed by atoms with Crippen molar-refractivity contribution < 1.29 is 18.8 Å². The van der Waals surface area contributed by atoms with Crippen LogP contribution < -0.4 is 5.32 Å². The summed E-state index contributed by atoms with van der Waals surface area (Å²) in [4.78, 5) is 41.8. The number of hydrogen-bond donors (Lipinski definition) is 1. The molecule has 1 fully saturated rings. The van der Waals surface area contributed by atoms with Crippen molar-refractivity contribution in [1.29, 1.82) is 0 Å². The van der Waals surface area contributed by atoms with Crippen LogP contribution in [0.25, 0.3) is 0 Å². The molecule has 0 atom stereocenters. The normalized spacial score (nSPS) is 13.9. The predicted molar refractivity (Wildman–Crippen MR) is 114 cm³/mol. The zero-order chi connectivity index (χ0) is 21.1. The van der Waals surface area contributed by atoms with Gasteiger partial charge in [-0.2, -0.15) is 0 Å². The summed E-state index contributed by atoms with van der Waals surface area (Å²) >= 11 is 1.25. The van der Waals surface area contributed by atoms with Crippen molar-refractivity contribution in [3.8, 4) is 0 Å². The number of carbonyl (C=O) groups is 3. The van der Waals surface area contributed by atoms with Gasteiger partial charge in [-0.25, -0.2) is 0 Å². The average Bonchev–Trinajstić information content (AvgIpc) is 3.43. The summed E-state index contributed by atoms with van der Waals surface area (Å²) < 4.78 is 5.09. The van der Waals surface area contributed by atoms with Crippen molar-refractivity contribution in [2.75, 3.05) is 31.5 Å². The molecule has 4 rings (SSSR count). The summed E-state index contributed by atoms with van der Waals surface area (Å²) in [6, 6.07) is 14.2. The van der Waals surface area contributed by atoms with E-state index < -0.39 is 0 Å². The fourth-order valence-corrected chi connectivity index (χ4v) is 4.39. The van der Waals surface area contributed by atoms with Gasteiger partial charge in [0.25, 0.3) is 17.7 Å². The van der Waals surface area contributed by atoms with Gasteiger partial charge < -0.3 is 19.5 Å². The third kappa shape index (κ3) is 4.13. The third-order valence-electron chi connectivity index (χ3n) is 4.97. The molecule has 1 N–H and O–H groups in total. The Balaban J connectivity index is 1.38. The molecule has 0 spiro atoms. The molecule has 7 nitrogen and oxygen atoms in total. The lowest BCUT2D eigenvalue weighted by molar-refractivity contribution is 0.0537. The molecule has 1 aliphatic heterocycles. The Labute approximate surface area is 177 Å². The van der Waals surface area contributed by atoms with E-state index in [1.54, 1.807) is 40.1 Å². The van der Waals surface area contributed by atoms with Crippen molar-refractivity contribution in [2.45, 2.75) is 6.92 Å². The highest BCUT2D eigenvalue weighted by Crippen LogP contribution is 2.28. The maximum atomic E-state index is 13.0. The first-order chi connectivity index (χ1) is 14.5. The average molecular weight is 423 g/mol. The van der Waals surface area contributed by atoms with Gasteiger partial charge in [0.15, 0.2) is 5.76 Å². The van der Waals surface area contributed by atoms with Crippen LogP contribution >= 0.6 is 11.3 Å². The molecule has 0 unspecified atom stereocenters. The van der Waals surface area contributed by atoms with E-state index in [4.69, 9.17) is 4.42 Å². The van der Waals surface area contributed by atoms with Gasteiger partial charge in [-0.05, 0) is 42.8 Å². The zero-order valence-electron chi connectivity index (χ0n) is 16.5. The van der Waals surface area contributed by atoms with Gasteiger partial charge >= 0.3 is 0 Å². The molecular formula is C22H21N3O4S. The number of carbonyl (C=O) groups excluding carboxylic acids is 3. The predicted octanol–water partition coefficient (Wildman–Crippen LogP) is 3.50. The van der Waals surface area contributed by atoms with Crippen LogP contribution in [-0.4, -0.2) is 53.7 Å². The topological polar surface area (TPSA) is 82.9 Å². The number of nitrogens with zero attached hydrogens (tertiary/aromatic N) is 2. The number of aryl methyl sites for hydroxylation is 1. The van der Waals surface area contributed by atoms with Gasteiger partial charge in [0.2, 0.25) is 0 Å². The van der Waals surface area contributed by atoms with E-state index in [-0.39, 0.29) is 23.5 Å². The number of amides is 3. The third-order valence-corrected chi connectivity index (χ3v) is 6.11. The van der Waals surface area contributed by atoms with E-state index in [1.807, 2.05) is 25.1 Å². The summed E-state index contributed by atoms with van der Waals surface area (Å²) in [5.74, 6) is -0.234. The van der Waals surface area contributed by atoms with Crippen LogP contribution in [-0.2, 0) is 0 Å². The van der Waals surface area contributed by atoms with Crippen LogP contribution in [0.3, 0.4) is 0 Å². The van der Waals surface area contributed by atoms with Crippen LogP contribution in [0.4, 0.5) is 5.00 Å². The Kier molecular flexibility index (Phi) is 5.67. The van der Waals surface area contributed by atoms with E-state index in [9.17, 15) is 14.4 Å². The van der Waals surface area contributed by atoms with E-state index >= 15 is 0 Å². The lowest BCUT2D eigenvalue weighted by atomic mass is 10.1. The number of furan rings is 1. The summed E-state index contributed by atoms with van der Waals surface area (Å²) in [5, 5.41) is 3.36. The Morgan fingerprint density at radius 3 is 2.23 bits per heavy atom. The molecule has 0 aliphatic carbocycles. The molecule has 1 saturated heterocycles. The lowest BCUT2D eigenvalue weighted by Crippen LogP contribution is -2.50. The standard InChI is InChI=1S/C22H21N3O4S/c1-15-14-18(23-20(26)17-8-5-13-29-17)30-19(15)22(28)25-11-9-24(10-12-25)21(27)16-6-3-2-4-7-16/h2-8,13-14H,9-12H2,1H3,(H,23,26). The summed E-state index contributed by atoms with van der Waals surface area (Å²) in [5.41, 5.74) is 1.46. The molecule has 3 amide bonds. The van der Waals surface area contributed by atoms with Crippen LogP contribution in [0.1, 0.15) is 36.1 Å². The van der Waals surface area contributed by atoms with Gasteiger partial charge in [-0.3, -0.25) is 14.4 Å². The van der Waals surface area contributed by atoms with Crippen molar-refractivity contribution in [2.24, 2.45) is 0 Å².